The van der Waals surface area contributed by atoms with Crippen molar-refractivity contribution in [3.63, 3.8) is 0 Å². The van der Waals surface area contributed by atoms with Crippen molar-refractivity contribution >= 4 is 17.0 Å². The van der Waals surface area contributed by atoms with Crippen LogP contribution in [0, 0.1) is 0 Å². The van der Waals surface area contributed by atoms with E-state index in [1.807, 2.05) is 23.6 Å². The fourth-order valence-electron chi connectivity index (χ4n) is 1.92. The van der Waals surface area contributed by atoms with Crippen LogP contribution in [-0.4, -0.2) is 12.2 Å². The van der Waals surface area contributed by atoms with Gasteiger partial charge in [0.1, 0.15) is 5.75 Å². The monoisotopic (exact) mass is 263 g/mol. The van der Waals surface area contributed by atoms with Crippen LogP contribution in [0.4, 0.5) is 5.69 Å². The molecule has 0 saturated carbocycles. The van der Waals surface area contributed by atoms with Crippen LogP contribution < -0.4 is 10.5 Å². The number of aliphatic hydroxyl groups excluding tert-OH is 1. The van der Waals surface area contributed by atoms with Gasteiger partial charge in [-0.15, -0.1) is 11.3 Å². The Kier molecular flexibility index (Phi) is 4.23. The summed E-state index contributed by atoms with van der Waals surface area (Å²) in [5.41, 5.74) is 7.23. The van der Waals surface area contributed by atoms with Crippen molar-refractivity contribution in [2.75, 3.05) is 12.8 Å². The number of para-hydroxylation sites is 1. The zero-order chi connectivity index (χ0) is 13.0. The highest BCUT2D eigenvalue weighted by Crippen LogP contribution is 2.31. The van der Waals surface area contributed by atoms with Gasteiger partial charge in [-0.05, 0) is 30.4 Å². The minimum Gasteiger partial charge on any atom is -0.495 e. The van der Waals surface area contributed by atoms with Gasteiger partial charge in [-0.25, -0.2) is 0 Å². The minimum absolute atomic E-state index is 0.527. The van der Waals surface area contributed by atoms with Gasteiger partial charge in [-0.1, -0.05) is 18.2 Å². The number of ether oxygens (including phenoxy) is 1. The summed E-state index contributed by atoms with van der Waals surface area (Å²) >= 11 is 1.70. The van der Waals surface area contributed by atoms with E-state index in [-0.39, 0.29) is 0 Å². The molecule has 3 nitrogen and oxygen atoms in total. The summed E-state index contributed by atoms with van der Waals surface area (Å²) < 4.78 is 5.15. The fraction of sp³-hybridized carbons (Fsp3) is 0.286. The number of rotatable bonds is 5. The fourth-order valence-corrected chi connectivity index (χ4v) is 2.64. The lowest BCUT2D eigenvalue weighted by atomic mass is 10.0. The molecule has 0 saturated heterocycles. The van der Waals surface area contributed by atoms with Crippen LogP contribution in [0.25, 0.3) is 0 Å². The molecule has 1 aromatic heterocycles. The van der Waals surface area contributed by atoms with E-state index < -0.39 is 6.10 Å². The van der Waals surface area contributed by atoms with E-state index in [4.69, 9.17) is 10.5 Å². The number of thiophene rings is 1. The Bertz CT molecular complexity index is 497. The van der Waals surface area contributed by atoms with Crippen LogP contribution >= 0.6 is 11.3 Å². The Labute approximate surface area is 111 Å². The molecule has 2 aromatic rings. The zero-order valence-corrected chi connectivity index (χ0v) is 11.1. The van der Waals surface area contributed by atoms with Crippen LogP contribution in [0.3, 0.4) is 0 Å². The van der Waals surface area contributed by atoms with Crippen molar-refractivity contribution in [2.45, 2.75) is 18.9 Å². The van der Waals surface area contributed by atoms with Gasteiger partial charge in [-0.2, -0.15) is 0 Å². The Balaban J connectivity index is 2.06. The van der Waals surface area contributed by atoms with Crippen LogP contribution in [0.15, 0.2) is 35.7 Å². The molecular weight excluding hydrogens is 246 g/mol. The smallest absolute Gasteiger partial charge is 0.142 e. The van der Waals surface area contributed by atoms with Crippen molar-refractivity contribution < 1.29 is 9.84 Å². The number of aryl methyl sites for hydroxylation is 1. The third-order valence-electron chi connectivity index (χ3n) is 2.92. The summed E-state index contributed by atoms with van der Waals surface area (Å²) in [5, 5.41) is 12.2. The van der Waals surface area contributed by atoms with Crippen LogP contribution in [0.5, 0.6) is 5.75 Å². The maximum atomic E-state index is 10.2. The molecule has 18 heavy (non-hydrogen) atoms. The molecule has 2 rings (SSSR count). The number of nitrogens with two attached hydrogens (primary N) is 1. The summed E-state index contributed by atoms with van der Waals surface area (Å²) in [7, 11) is 1.58. The van der Waals surface area contributed by atoms with Gasteiger partial charge in [0.05, 0.1) is 18.9 Å². The van der Waals surface area contributed by atoms with Gasteiger partial charge in [0.2, 0.25) is 0 Å². The quantitative estimate of drug-likeness (QED) is 0.815. The summed E-state index contributed by atoms with van der Waals surface area (Å²) in [6.45, 7) is 0. The van der Waals surface area contributed by atoms with Gasteiger partial charge in [0, 0.05) is 10.4 Å². The molecule has 3 N–H and O–H groups in total. The molecule has 0 fully saturated rings. The predicted molar refractivity (Wildman–Crippen MR) is 75.0 cm³/mol. The zero-order valence-electron chi connectivity index (χ0n) is 10.3. The molecule has 1 atom stereocenters. The molecule has 96 valence electrons. The number of methoxy groups -OCH3 is 1. The number of anilines is 1. The molecule has 0 aliphatic rings. The molecule has 1 heterocycles. The lowest BCUT2D eigenvalue weighted by Gasteiger charge is -2.15. The second-order valence-electron chi connectivity index (χ2n) is 4.10. The van der Waals surface area contributed by atoms with Gasteiger partial charge in [-0.3, -0.25) is 0 Å². The first-order valence-electron chi connectivity index (χ1n) is 5.85. The molecule has 4 heteroatoms. The molecule has 0 radical (unpaired) electrons. The average molecular weight is 263 g/mol. The highest BCUT2D eigenvalue weighted by molar-refractivity contribution is 7.09. The molecule has 0 aliphatic carbocycles. The second-order valence-corrected chi connectivity index (χ2v) is 5.13. The Morgan fingerprint density at radius 3 is 2.83 bits per heavy atom. The Morgan fingerprint density at radius 2 is 2.17 bits per heavy atom. The summed E-state index contributed by atoms with van der Waals surface area (Å²) in [6, 6.07) is 9.58. The van der Waals surface area contributed by atoms with Gasteiger partial charge in [0.25, 0.3) is 0 Å². The van der Waals surface area contributed by atoms with Gasteiger partial charge in [0.15, 0.2) is 0 Å². The summed E-state index contributed by atoms with van der Waals surface area (Å²) in [4.78, 5) is 1.27. The molecule has 0 spiro atoms. The number of hydrogen-bond donors (Lipinski definition) is 2. The Hall–Kier alpha value is -1.52. The van der Waals surface area contributed by atoms with Crippen LogP contribution in [0.1, 0.15) is 23.0 Å². The van der Waals surface area contributed by atoms with E-state index in [2.05, 4.69) is 6.07 Å². The first-order chi connectivity index (χ1) is 8.72. The first-order valence-corrected chi connectivity index (χ1v) is 6.73. The van der Waals surface area contributed by atoms with E-state index in [1.54, 1.807) is 24.5 Å². The van der Waals surface area contributed by atoms with Crippen molar-refractivity contribution in [2.24, 2.45) is 0 Å². The highest BCUT2D eigenvalue weighted by atomic mass is 32.1. The van der Waals surface area contributed by atoms with E-state index >= 15 is 0 Å². The SMILES string of the molecule is COc1cccc(C(O)CCc2cccs2)c1N. The molecule has 0 bridgehead atoms. The number of aliphatic hydroxyl groups is 1. The third kappa shape index (κ3) is 2.83. The molecule has 1 unspecified atom stereocenters. The van der Waals surface area contributed by atoms with E-state index in [1.165, 1.54) is 4.88 Å². The standard InChI is InChI=1S/C14H17NO2S/c1-17-13-6-2-5-11(14(13)15)12(16)8-7-10-4-3-9-18-10/h2-6,9,12,16H,7-8,15H2,1H3. The van der Waals surface area contributed by atoms with Crippen molar-refractivity contribution in [1.82, 2.24) is 0 Å². The largest absolute Gasteiger partial charge is 0.495 e. The average Bonchev–Trinajstić information content (AvgIpc) is 2.89. The van der Waals surface area contributed by atoms with E-state index in [0.29, 0.717) is 17.9 Å². The third-order valence-corrected chi connectivity index (χ3v) is 3.86. The molecular formula is C14H17NO2S. The number of benzene rings is 1. The van der Waals surface area contributed by atoms with Crippen molar-refractivity contribution in [3.8, 4) is 5.75 Å². The molecule has 0 amide bonds. The van der Waals surface area contributed by atoms with E-state index in [0.717, 1.165) is 12.0 Å². The number of hydrogen-bond acceptors (Lipinski definition) is 4. The topological polar surface area (TPSA) is 55.5 Å². The lowest BCUT2D eigenvalue weighted by molar-refractivity contribution is 0.168. The lowest BCUT2D eigenvalue weighted by Crippen LogP contribution is -2.04. The second kappa shape index (κ2) is 5.89. The van der Waals surface area contributed by atoms with E-state index in [9.17, 15) is 5.11 Å². The summed E-state index contributed by atoms with van der Waals surface area (Å²) in [5.74, 6) is 0.614. The van der Waals surface area contributed by atoms with Crippen molar-refractivity contribution in [3.05, 3.63) is 46.2 Å². The number of nitrogen functional groups attached to an aromatic ring is 1. The summed E-state index contributed by atoms with van der Waals surface area (Å²) in [6.07, 6.45) is 0.968. The normalized spacial score (nSPS) is 12.3. The molecule has 0 aliphatic heterocycles. The maximum absolute atomic E-state index is 10.2. The van der Waals surface area contributed by atoms with Crippen LogP contribution in [-0.2, 0) is 6.42 Å². The predicted octanol–water partition coefficient (Wildman–Crippen LogP) is 3.01. The maximum Gasteiger partial charge on any atom is 0.142 e. The van der Waals surface area contributed by atoms with Gasteiger partial charge < -0.3 is 15.6 Å². The molecule has 1 aromatic carbocycles. The van der Waals surface area contributed by atoms with Crippen LogP contribution in [0.2, 0.25) is 0 Å². The highest BCUT2D eigenvalue weighted by Gasteiger charge is 2.14. The first kappa shape index (κ1) is 12.9. The minimum atomic E-state index is -0.554. The Morgan fingerprint density at radius 1 is 1.33 bits per heavy atom. The van der Waals surface area contributed by atoms with Gasteiger partial charge >= 0.3 is 0 Å². The van der Waals surface area contributed by atoms with Crippen molar-refractivity contribution in [1.29, 1.82) is 0 Å².